The number of hydrogen-bond donors (Lipinski definition) is 1. The van der Waals surface area contributed by atoms with Gasteiger partial charge in [-0.1, -0.05) is 123 Å². The topological polar surface area (TPSA) is 55.8 Å². The molecule has 240 valence electrons. The van der Waals surface area contributed by atoms with E-state index in [1.165, 1.54) is 0 Å². The second-order valence-corrected chi connectivity index (χ2v) is 10.1. The third-order valence-corrected chi connectivity index (χ3v) is 6.11. The van der Waals surface area contributed by atoms with Gasteiger partial charge in [0.1, 0.15) is 6.10 Å². The van der Waals surface area contributed by atoms with E-state index in [9.17, 15) is 9.90 Å². The van der Waals surface area contributed by atoms with Crippen molar-refractivity contribution in [2.45, 2.75) is 110 Å². The van der Waals surface area contributed by atoms with Crippen LogP contribution < -0.4 is 0 Å². The van der Waals surface area contributed by atoms with Crippen molar-refractivity contribution in [1.82, 2.24) is 0 Å². The molecule has 0 saturated carbocycles. The second kappa shape index (κ2) is 35.2. The molecule has 0 fully saturated rings. The maximum atomic E-state index is 12.1. The fraction of sp³-hybridized carbons (Fsp3) is 0.513. The van der Waals surface area contributed by atoms with E-state index in [-0.39, 0.29) is 19.2 Å². The lowest BCUT2D eigenvalue weighted by Crippen LogP contribution is -2.27. The van der Waals surface area contributed by atoms with Crippen LogP contribution in [0.1, 0.15) is 104 Å². The van der Waals surface area contributed by atoms with Gasteiger partial charge in [-0.25, -0.2) is 0 Å². The fourth-order valence-corrected chi connectivity index (χ4v) is 3.72. The number of aliphatic hydroxyl groups excluding tert-OH is 1. The SMILES string of the molecule is CC/C=C\C/C=C\C/C=C\C/C=C\C/C=C\CCCCOCC(CO)OC(=O)CC/C=C\C/C=C\C/C=C\C/C=C\CC. The molecule has 0 spiro atoms. The van der Waals surface area contributed by atoms with Crippen LogP contribution >= 0.6 is 0 Å². The van der Waals surface area contributed by atoms with Crippen molar-refractivity contribution < 1.29 is 19.4 Å². The van der Waals surface area contributed by atoms with Crippen molar-refractivity contribution >= 4 is 5.97 Å². The molecule has 0 rings (SSSR count). The highest BCUT2D eigenvalue weighted by molar-refractivity contribution is 5.69. The van der Waals surface area contributed by atoms with Crippen LogP contribution in [-0.2, 0) is 14.3 Å². The minimum atomic E-state index is -0.601. The zero-order valence-electron chi connectivity index (χ0n) is 27.2. The van der Waals surface area contributed by atoms with Gasteiger partial charge >= 0.3 is 5.97 Å². The van der Waals surface area contributed by atoms with Crippen LogP contribution in [0.25, 0.3) is 0 Å². The lowest BCUT2D eigenvalue weighted by Gasteiger charge is -2.15. The summed E-state index contributed by atoms with van der Waals surface area (Å²) in [6.45, 7) is 4.89. The Morgan fingerprint density at radius 1 is 0.558 bits per heavy atom. The Labute approximate surface area is 264 Å². The predicted molar refractivity (Wildman–Crippen MR) is 186 cm³/mol. The summed E-state index contributed by atoms with van der Waals surface area (Å²) in [7, 11) is 0. The average molecular weight is 593 g/mol. The molecule has 0 aromatic heterocycles. The van der Waals surface area contributed by atoms with E-state index in [2.05, 4.69) is 117 Å². The molecule has 0 radical (unpaired) electrons. The van der Waals surface area contributed by atoms with Crippen molar-refractivity contribution in [2.24, 2.45) is 0 Å². The monoisotopic (exact) mass is 592 g/mol. The Hall–Kier alpha value is -2.95. The first-order valence-corrected chi connectivity index (χ1v) is 16.5. The molecule has 1 N–H and O–H groups in total. The molecule has 0 bridgehead atoms. The van der Waals surface area contributed by atoms with Gasteiger partial charge in [0.25, 0.3) is 0 Å². The first-order chi connectivity index (χ1) is 21.2. The molecule has 0 amide bonds. The second-order valence-electron chi connectivity index (χ2n) is 10.1. The summed E-state index contributed by atoms with van der Waals surface area (Å²) < 4.78 is 11.0. The molecule has 0 aromatic carbocycles. The normalized spacial score (nSPS) is 13.8. The van der Waals surface area contributed by atoms with E-state index in [0.717, 1.165) is 77.0 Å². The Morgan fingerprint density at radius 2 is 0.953 bits per heavy atom. The third kappa shape index (κ3) is 33.4. The minimum absolute atomic E-state index is 0.226. The van der Waals surface area contributed by atoms with Crippen molar-refractivity contribution in [3.63, 3.8) is 0 Å². The van der Waals surface area contributed by atoms with E-state index >= 15 is 0 Å². The predicted octanol–water partition coefficient (Wildman–Crippen LogP) is 10.4. The Kier molecular flexibility index (Phi) is 32.8. The lowest BCUT2D eigenvalue weighted by molar-refractivity contribution is -0.154. The summed E-state index contributed by atoms with van der Waals surface area (Å²) in [5, 5.41) is 9.51. The zero-order valence-corrected chi connectivity index (χ0v) is 27.2. The van der Waals surface area contributed by atoms with Crippen LogP contribution in [0.4, 0.5) is 0 Å². The maximum absolute atomic E-state index is 12.1. The molecule has 43 heavy (non-hydrogen) atoms. The molecule has 0 aliphatic carbocycles. The molecule has 0 saturated heterocycles. The van der Waals surface area contributed by atoms with Crippen molar-refractivity contribution in [2.75, 3.05) is 19.8 Å². The van der Waals surface area contributed by atoms with E-state index in [4.69, 9.17) is 9.47 Å². The first-order valence-electron chi connectivity index (χ1n) is 16.5. The van der Waals surface area contributed by atoms with Gasteiger partial charge in [0, 0.05) is 13.0 Å². The Bertz CT molecular complexity index is 883. The summed E-state index contributed by atoms with van der Waals surface area (Å²) >= 11 is 0. The molecule has 1 unspecified atom stereocenters. The van der Waals surface area contributed by atoms with Gasteiger partial charge in [0.05, 0.1) is 13.2 Å². The zero-order chi connectivity index (χ0) is 31.3. The van der Waals surface area contributed by atoms with Crippen LogP contribution in [0.15, 0.2) is 109 Å². The number of carbonyl (C=O) groups is 1. The van der Waals surface area contributed by atoms with Crippen LogP contribution in [-0.4, -0.2) is 37.0 Å². The fourth-order valence-electron chi connectivity index (χ4n) is 3.72. The first kappa shape index (κ1) is 40.1. The summed E-state index contributed by atoms with van der Waals surface area (Å²) in [4.78, 5) is 12.1. The van der Waals surface area contributed by atoms with E-state index in [0.29, 0.717) is 19.4 Å². The van der Waals surface area contributed by atoms with Gasteiger partial charge in [-0.15, -0.1) is 0 Å². The molecule has 0 aliphatic rings. The van der Waals surface area contributed by atoms with Gasteiger partial charge in [-0.2, -0.15) is 0 Å². The van der Waals surface area contributed by atoms with Crippen LogP contribution in [0.5, 0.6) is 0 Å². The summed E-state index contributed by atoms with van der Waals surface area (Å²) in [5.74, 6) is -0.302. The van der Waals surface area contributed by atoms with Gasteiger partial charge in [0.2, 0.25) is 0 Å². The number of aliphatic hydroxyl groups is 1. The largest absolute Gasteiger partial charge is 0.457 e. The standard InChI is InChI=1S/C39H60O4/c1-3-5-7-9-11-13-15-17-18-19-20-21-23-25-27-29-31-33-35-42-37-38(36-40)43-39(41)34-32-30-28-26-24-22-16-14-12-10-8-6-4-2/h5-8,11-14,17-18,20-22,24-25,27-28,30,38,40H,3-4,9-10,15-16,19,23,26,29,31-37H2,1-2H3/b7-5-,8-6-,13-11-,14-12-,18-17-,21-20-,24-22-,27-25-,30-28-. The Morgan fingerprint density at radius 3 is 1.37 bits per heavy atom. The average Bonchev–Trinajstić information content (AvgIpc) is 3.01. The van der Waals surface area contributed by atoms with Gasteiger partial charge < -0.3 is 14.6 Å². The van der Waals surface area contributed by atoms with Crippen LogP contribution in [0.3, 0.4) is 0 Å². The molecule has 1 atom stereocenters. The summed E-state index contributed by atoms with van der Waals surface area (Å²) in [5.41, 5.74) is 0. The number of hydrogen-bond acceptors (Lipinski definition) is 4. The number of esters is 1. The lowest BCUT2D eigenvalue weighted by atomic mass is 10.2. The number of allylic oxidation sites excluding steroid dienone is 18. The summed E-state index contributed by atoms with van der Waals surface area (Å²) in [6, 6.07) is 0. The number of ether oxygens (including phenoxy) is 2. The van der Waals surface area contributed by atoms with E-state index in [1.54, 1.807) is 0 Å². The molecular formula is C39H60O4. The molecule has 0 aromatic rings. The summed E-state index contributed by atoms with van der Waals surface area (Å²) in [6.07, 6.45) is 51.4. The number of carbonyl (C=O) groups excluding carboxylic acids is 1. The van der Waals surface area contributed by atoms with Crippen LogP contribution in [0.2, 0.25) is 0 Å². The molecule has 0 heterocycles. The third-order valence-electron chi connectivity index (χ3n) is 6.11. The van der Waals surface area contributed by atoms with Crippen LogP contribution in [0, 0.1) is 0 Å². The Balaban J connectivity index is 3.72. The highest BCUT2D eigenvalue weighted by Gasteiger charge is 2.13. The van der Waals surface area contributed by atoms with Crippen molar-refractivity contribution in [3.8, 4) is 0 Å². The van der Waals surface area contributed by atoms with Gasteiger partial charge in [0.15, 0.2) is 0 Å². The number of rotatable bonds is 28. The number of unbranched alkanes of at least 4 members (excludes halogenated alkanes) is 2. The van der Waals surface area contributed by atoms with E-state index in [1.807, 2.05) is 6.08 Å². The van der Waals surface area contributed by atoms with Crippen molar-refractivity contribution in [1.29, 1.82) is 0 Å². The van der Waals surface area contributed by atoms with Crippen molar-refractivity contribution in [3.05, 3.63) is 109 Å². The smallest absolute Gasteiger partial charge is 0.306 e. The molecule has 4 nitrogen and oxygen atoms in total. The van der Waals surface area contributed by atoms with Gasteiger partial charge in [-0.3, -0.25) is 4.79 Å². The minimum Gasteiger partial charge on any atom is -0.457 e. The molecule has 4 heteroatoms. The quantitative estimate of drug-likeness (QED) is 0.0558. The highest BCUT2D eigenvalue weighted by Crippen LogP contribution is 2.04. The van der Waals surface area contributed by atoms with E-state index < -0.39 is 6.10 Å². The molecule has 0 aliphatic heterocycles. The van der Waals surface area contributed by atoms with Gasteiger partial charge in [-0.05, 0) is 83.5 Å². The molecular weight excluding hydrogens is 532 g/mol. The maximum Gasteiger partial charge on any atom is 0.306 e. The highest BCUT2D eigenvalue weighted by atomic mass is 16.6.